The quantitative estimate of drug-likeness (QED) is 0.227. The molecule has 9 nitrogen and oxygen atoms in total. The van der Waals surface area contributed by atoms with E-state index in [9.17, 15) is 18.1 Å². The van der Waals surface area contributed by atoms with E-state index >= 15 is 0 Å². The number of benzene rings is 1. The summed E-state index contributed by atoms with van der Waals surface area (Å²) in [5, 5.41) is 3.31. The average Bonchev–Trinajstić information content (AvgIpc) is 3.60. The number of rotatable bonds is 11. The van der Waals surface area contributed by atoms with E-state index in [0.717, 1.165) is 29.5 Å². The number of amides is 1. The molecule has 3 aromatic rings. The summed E-state index contributed by atoms with van der Waals surface area (Å²) >= 11 is -2.47. The van der Waals surface area contributed by atoms with Crippen molar-refractivity contribution >= 4 is 36.3 Å². The molecule has 0 bridgehead atoms. The SMILES string of the molecule is CNC(=O)c1c(-c2ccc(C)cc2)oc2nc(CN(CCCO[P+](C)=O)S(=O)[O-])c(C3CC3)cc12. The Balaban J connectivity index is 1.73. The highest BCUT2D eigenvalue weighted by molar-refractivity contribution is 7.76. The summed E-state index contributed by atoms with van der Waals surface area (Å²) in [6, 6.07) is 9.63. The Bertz CT molecular complexity index is 1270. The molecule has 4 rings (SSSR count). The minimum atomic E-state index is -2.47. The molecule has 2 heterocycles. The first kappa shape index (κ1) is 25.6. The topological polar surface area (TPSA) is 125 Å². The molecule has 1 N–H and O–H groups in total. The van der Waals surface area contributed by atoms with Gasteiger partial charge in [0.2, 0.25) is 5.71 Å². The maximum absolute atomic E-state index is 12.9. The summed E-state index contributed by atoms with van der Waals surface area (Å²) < 4.78 is 47.4. The van der Waals surface area contributed by atoms with Crippen LogP contribution in [0.1, 0.15) is 52.4 Å². The van der Waals surface area contributed by atoms with Crippen molar-refractivity contribution in [2.24, 2.45) is 0 Å². The van der Waals surface area contributed by atoms with Gasteiger partial charge < -0.3 is 14.3 Å². The van der Waals surface area contributed by atoms with Crippen LogP contribution in [0.15, 0.2) is 34.7 Å². The van der Waals surface area contributed by atoms with E-state index in [0.29, 0.717) is 34.5 Å². The minimum absolute atomic E-state index is 0.0754. The predicted molar refractivity (Wildman–Crippen MR) is 133 cm³/mol. The zero-order valence-electron chi connectivity index (χ0n) is 19.9. The largest absolute Gasteiger partial charge is 0.760 e. The van der Waals surface area contributed by atoms with Crippen LogP contribution >= 0.6 is 8.03 Å². The van der Waals surface area contributed by atoms with Crippen molar-refractivity contribution < 1.29 is 27.1 Å². The van der Waals surface area contributed by atoms with E-state index in [1.807, 2.05) is 37.3 Å². The van der Waals surface area contributed by atoms with Gasteiger partial charge in [-0.2, -0.15) is 0 Å². The van der Waals surface area contributed by atoms with Crippen molar-refractivity contribution in [3.05, 3.63) is 52.7 Å². The highest BCUT2D eigenvalue weighted by Crippen LogP contribution is 2.44. The molecule has 1 aliphatic rings. The molecule has 1 aromatic carbocycles. The number of furan rings is 1. The third kappa shape index (κ3) is 6.02. The van der Waals surface area contributed by atoms with E-state index in [1.165, 1.54) is 11.0 Å². The first-order chi connectivity index (χ1) is 16.8. The predicted octanol–water partition coefficient (Wildman–Crippen LogP) is 4.42. The fourth-order valence-corrected chi connectivity index (χ4v) is 4.91. The van der Waals surface area contributed by atoms with E-state index < -0.39 is 19.3 Å². The number of nitrogens with one attached hydrogen (secondary N) is 1. The smallest absolute Gasteiger partial charge is 0.504 e. The lowest BCUT2D eigenvalue weighted by Crippen LogP contribution is -2.28. The lowest BCUT2D eigenvalue weighted by Gasteiger charge is -2.24. The molecule has 0 spiro atoms. The van der Waals surface area contributed by atoms with Crippen LogP contribution in [0.2, 0.25) is 0 Å². The number of pyridine rings is 1. The molecule has 0 radical (unpaired) electrons. The van der Waals surface area contributed by atoms with Crippen LogP contribution in [0, 0.1) is 6.92 Å². The van der Waals surface area contributed by atoms with E-state index in [-0.39, 0.29) is 31.5 Å². The van der Waals surface area contributed by atoms with Crippen LogP contribution in [0.4, 0.5) is 0 Å². The summed E-state index contributed by atoms with van der Waals surface area (Å²) in [5.41, 5.74) is 4.11. The summed E-state index contributed by atoms with van der Waals surface area (Å²) in [7, 11) is -0.156. The van der Waals surface area contributed by atoms with Crippen molar-refractivity contribution in [2.75, 3.05) is 26.9 Å². The lowest BCUT2D eigenvalue weighted by atomic mass is 10.0. The number of hydrogen-bond donors (Lipinski definition) is 1. The van der Waals surface area contributed by atoms with E-state index in [2.05, 4.69) is 5.32 Å². The fraction of sp³-hybridized carbons (Fsp3) is 0.417. The normalized spacial score (nSPS) is 14.9. The maximum atomic E-state index is 12.9. The summed E-state index contributed by atoms with van der Waals surface area (Å²) in [6.07, 6.45) is 2.37. The van der Waals surface area contributed by atoms with Crippen LogP contribution in [0.5, 0.6) is 0 Å². The van der Waals surface area contributed by atoms with Gasteiger partial charge in [0.1, 0.15) is 12.4 Å². The number of carbonyl (C=O) groups excluding carboxylic acids is 1. The van der Waals surface area contributed by atoms with Crippen LogP contribution in [-0.4, -0.2) is 50.8 Å². The summed E-state index contributed by atoms with van der Waals surface area (Å²) in [5.74, 6) is 0.430. The standard InChI is InChI=1S/C24H28N3O6PS/c1-15-5-7-17(8-6-15)22-21(23(28)25-2)19-13-18(16-9-10-16)20(26-24(19)33-22)14-27(35(30)31)11-4-12-32-34(3)29/h5-8,13,16H,4,9-12,14H2,1-3H3,(H-,25,28,30,31). The Labute approximate surface area is 207 Å². The molecule has 2 unspecified atom stereocenters. The number of aryl methyl sites for hydroxylation is 1. The molecule has 2 aromatic heterocycles. The molecular formula is C24H28N3O6PS. The summed E-state index contributed by atoms with van der Waals surface area (Å²) in [6.45, 7) is 3.93. The average molecular weight is 518 g/mol. The number of fused-ring (bicyclic) bond motifs is 1. The first-order valence-corrected chi connectivity index (χ1v) is 14.1. The van der Waals surface area contributed by atoms with E-state index in [4.69, 9.17) is 13.9 Å². The van der Waals surface area contributed by atoms with Crippen molar-refractivity contribution in [1.29, 1.82) is 0 Å². The van der Waals surface area contributed by atoms with Crippen molar-refractivity contribution in [3.63, 3.8) is 0 Å². The van der Waals surface area contributed by atoms with Crippen molar-refractivity contribution in [2.45, 2.75) is 38.6 Å². The third-order valence-corrected chi connectivity index (χ3v) is 7.22. The van der Waals surface area contributed by atoms with Crippen molar-refractivity contribution in [3.8, 4) is 11.3 Å². The number of aromatic nitrogens is 1. The number of hydrogen-bond acceptors (Lipinski definition) is 7. The van der Waals surface area contributed by atoms with Gasteiger partial charge in [0, 0.05) is 30.4 Å². The number of carbonyl (C=O) groups is 1. The summed E-state index contributed by atoms with van der Waals surface area (Å²) in [4.78, 5) is 17.6. The van der Waals surface area contributed by atoms with Gasteiger partial charge in [0.15, 0.2) is 6.66 Å². The Morgan fingerprint density at radius 3 is 2.66 bits per heavy atom. The number of nitrogens with zero attached hydrogens (tertiary/aromatic N) is 2. The van der Waals surface area contributed by atoms with Crippen LogP contribution in [0.3, 0.4) is 0 Å². The molecule has 1 fully saturated rings. The highest BCUT2D eigenvalue weighted by Gasteiger charge is 2.31. The fourth-order valence-electron chi connectivity index (χ4n) is 4.02. The van der Waals surface area contributed by atoms with Gasteiger partial charge in [-0.1, -0.05) is 29.8 Å². The first-order valence-electron chi connectivity index (χ1n) is 11.4. The second kappa shape index (κ2) is 11.1. The zero-order chi connectivity index (χ0) is 25.1. The molecule has 0 aliphatic heterocycles. The van der Waals surface area contributed by atoms with Gasteiger partial charge in [-0.15, -0.1) is 4.52 Å². The van der Waals surface area contributed by atoms with Gasteiger partial charge in [0.25, 0.3) is 5.91 Å². The molecule has 2 atom stereocenters. The van der Waals surface area contributed by atoms with Gasteiger partial charge >= 0.3 is 8.03 Å². The lowest BCUT2D eigenvalue weighted by molar-refractivity contribution is 0.0964. The second-order valence-corrected chi connectivity index (χ2v) is 10.7. The Kier molecular flexibility index (Phi) is 8.09. The van der Waals surface area contributed by atoms with E-state index in [1.54, 1.807) is 7.05 Å². The molecule has 1 aliphatic carbocycles. The van der Waals surface area contributed by atoms with Crippen LogP contribution < -0.4 is 5.32 Å². The minimum Gasteiger partial charge on any atom is -0.760 e. The molecule has 1 saturated carbocycles. The molecule has 1 amide bonds. The maximum Gasteiger partial charge on any atom is 0.504 e. The molecular weight excluding hydrogens is 489 g/mol. The highest BCUT2D eigenvalue weighted by atomic mass is 32.2. The Hall–Kier alpha value is -2.49. The Morgan fingerprint density at radius 1 is 1.34 bits per heavy atom. The van der Waals surface area contributed by atoms with Gasteiger partial charge in [-0.25, -0.2) is 9.29 Å². The molecule has 11 heteroatoms. The van der Waals surface area contributed by atoms with Crippen LogP contribution in [-0.2, 0) is 26.9 Å². The molecule has 0 saturated heterocycles. The van der Waals surface area contributed by atoms with Gasteiger partial charge in [0.05, 0.1) is 23.2 Å². The second-order valence-electron chi connectivity index (χ2n) is 8.61. The van der Waals surface area contributed by atoms with Gasteiger partial charge in [-0.3, -0.25) is 9.00 Å². The van der Waals surface area contributed by atoms with Crippen molar-refractivity contribution in [1.82, 2.24) is 14.6 Å². The third-order valence-electron chi connectivity index (χ3n) is 5.94. The Morgan fingerprint density at radius 2 is 2.06 bits per heavy atom. The monoisotopic (exact) mass is 517 g/mol. The molecule has 35 heavy (non-hydrogen) atoms. The zero-order valence-corrected chi connectivity index (χ0v) is 21.6. The van der Waals surface area contributed by atoms with Crippen LogP contribution in [0.25, 0.3) is 22.4 Å². The molecule has 186 valence electrons. The van der Waals surface area contributed by atoms with Gasteiger partial charge in [-0.05, 0) is 48.3 Å².